The summed E-state index contributed by atoms with van der Waals surface area (Å²) in [5, 5.41) is 25.4. The van der Waals surface area contributed by atoms with Crippen LogP contribution in [0.2, 0.25) is 0 Å². The molecule has 0 spiro atoms. The third kappa shape index (κ3) is 9.33. The molecular weight excluding hydrogens is 772 g/mol. The average molecular weight is 787 g/mol. The van der Waals surface area contributed by atoms with Gasteiger partial charge in [-0.25, -0.2) is 0 Å². The first-order chi connectivity index (χ1) is 24.3. The SMILES string of the molecule is O=C(Nc1ccc(Sc2ccc(NC(=O)c3ccc([N+](=O)[O-])cc3C(F)(F)F)cc2C(F)(F)F)c(C(F)(F)F)c1)c1ccc([N+](=O)[O-])cc1C(F)(F)F. The quantitative estimate of drug-likeness (QED) is 0.103. The normalized spacial score (nSPS) is 12.3. The predicted octanol–water partition coefficient (Wildman–Crippen LogP) is 10.2. The van der Waals surface area contributed by atoms with Crippen LogP contribution in [0.25, 0.3) is 0 Å². The lowest BCUT2D eigenvalue weighted by Crippen LogP contribution is -2.19. The van der Waals surface area contributed by atoms with E-state index in [1.807, 2.05) is 0 Å². The summed E-state index contributed by atoms with van der Waals surface area (Å²) in [6.07, 6.45) is -21.3. The molecule has 0 aromatic heterocycles. The molecule has 0 atom stereocenters. The van der Waals surface area contributed by atoms with Crippen molar-refractivity contribution in [2.75, 3.05) is 10.6 Å². The van der Waals surface area contributed by atoms with Gasteiger partial charge in [-0.05, 0) is 48.5 Å². The molecule has 0 saturated carbocycles. The van der Waals surface area contributed by atoms with E-state index >= 15 is 0 Å². The van der Waals surface area contributed by atoms with E-state index in [-0.39, 0.29) is 36.0 Å². The molecule has 280 valence electrons. The van der Waals surface area contributed by atoms with Gasteiger partial charge >= 0.3 is 24.7 Å². The Bertz CT molecular complexity index is 1980. The first kappa shape index (κ1) is 39.9. The smallest absolute Gasteiger partial charge is 0.322 e. The number of halogens is 12. The Hall–Kier alpha value is -5.87. The number of amides is 2. The number of alkyl halides is 12. The summed E-state index contributed by atoms with van der Waals surface area (Å²) in [5.41, 5.74) is -13.0. The molecule has 4 rings (SSSR count). The second kappa shape index (κ2) is 14.3. The van der Waals surface area contributed by atoms with Gasteiger partial charge in [-0.3, -0.25) is 29.8 Å². The molecule has 0 aliphatic carbocycles. The Morgan fingerprint density at radius 1 is 0.491 bits per heavy atom. The number of rotatable bonds is 8. The standard InChI is InChI=1S/C30H14F12N4O6S/c31-27(32,33)19-11-15(45(49)50)3-5-17(19)25(47)43-13-1-7-23(21(9-13)29(37,38)39)53-24-8-2-14(10-22(24)30(40,41)42)44-26(48)18-6-4-16(46(51)52)12-20(18)28(34,35)36/h1-12H,(H,43,47)(H,44,48). The van der Waals surface area contributed by atoms with Gasteiger partial charge in [0.25, 0.3) is 23.2 Å². The molecule has 23 heteroatoms. The van der Waals surface area contributed by atoms with Crippen LogP contribution in [0.5, 0.6) is 0 Å². The highest BCUT2D eigenvalue weighted by Gasteiger charge is 2.40. The number of non-ortho nitro benzene ring substituents is 2. The largest absolute Gasteiger partial charge is 0.417 e. The zero-order chi connectivity index (χ0) is 39.8. The van der Waals surface area contributed by atoms with E-state index in [1.54, 1.807) is 10.6 Å². The van der Waals surface area contributed by atoms with Crippen LogP contribution in [0.4, 0.5) is 75.4 Å². The highest BCUT2D eigenvalue weighted by molar-refractivity contribution is 7.99. The molecular formula is C30H14F12N4O6S. The predicted molar refractivity (Wildman–Crippen MR) is 159 cm³/mol. The number of anilines is 2. The van der Waals surface area contributed by atoms with Gasteiger partial charge in [0.2, 0.25) is 0 Å². The van der Waals surface area contributed by atoms with Gasteiger partial charge in [0, 0.05) is 45.4 Å². The second-order valence-corrected chi connectivity index (χ2v) is 11.5. The maximum atomic E-state index is 14.1. The van der Waals surface area contributed by atoms with E-state index in [0.717, 1.165) is 0 Å². The Labute approximate surface area is 290 Å². The van der Waals surface area contributed by atoms with Gasteiger partial charge in [-0.1, -0.05) is 11.8 Å². The number of hydrogen-bond donors (Lipinski definition) is 2. The number of carbonyl (C=O) groups is 2. The Kier molecular flexibility index (Phi) is 10.7. The zero-order valence-corrected chi connectivity index (χ0v) is 26.0. The van der Waals surface area contributed by atoms with Crippen LogP contribution < -0.4 is 10.6 Å². The molecule has 0 aliphatic rings. The summed E-state index contributed by atoms with van der Waals surface area (Å²) < 4.78 is 166. The summed E-state index contributed by atoms with van der Waals surface area (Å²) in [6.45, 7) is 0. The maximum Gasteiger partial charge on any atom is 0.417 e. The third-order valence-corrected chi connectivity index (χ3v) is 7.99. The minimum Gasteiger partial charge on any atom is -0.322 e. The van der Waals surface area contributed by atoms with Crippen molar-refractivity contribution in [2.45, 2.75) is 34.5 Å². The van der Waals surface area contributed by atoms with Crippen molar-refractivity contribution in [3.8, 4) is 0 Å². The number of nitrogens with zero attached hydrogens (tertiary/aromatic N) is 2. The average Bonchev–Trinajstić information content (AvgIpc) is 3.03. The van der Waals surface area contributed by atoms with Crippen molar-refractivity contribution >= 4 is 46.3 Å². The first-order valence-electron chi connectivity index (χ1n) is 13.7. The van der Waals surface area contributed by atoms with Crippen LogP contribution in [0.3, 0.4) is 0 Å². The molecule has 2 N–H and O–H groups in total. The highest BCUT2D eigenvalue weighted by atomic mass is 32.2. The first-order valence-corrected chi connectivity index (χ1v) is 14.5. The highest BCUT2D eigenvalue weighted by Crippen LogP contribution is 2.46. The monoisotopic (exact) mass is 786 g/mol. The van der Waals surface area contributed by atoms with Gasteiger partial charge in [0.15, 0.2) is 0 Å². The van der Waals surface area contributed by atoms with Crippen LogP contribution in [-0.2, 0) is 24.7 Å². The molecule has 0 aliphatic heterocycles. The van der Waals surface area contributed by atoms with Crippen LogP contribution in [0.1, 0.15) is 43.0 Å². The number of hydrogen-bond acceptors (Lipinski definition) is 7. The molecule has 0 unspecified atom stereocenters. The van der Waals surface area contributed by atoms with Gasteiger partial charge in [0.1, 0.15) is 0 Å². The van der Waals surface area contributed by atoms with Gasteiger partial charge in [-0.15, -0.1) is 0 Å². The number of benzene rings is 4. The van der Waals surface area contributed by atoms with Crippen LogP contribution >= 0.6 is 11.8 Å². The molecule has 53 heavy (non-hydrogen) atoms. The third-order valence-electron chi connectivity index (χ3n) is 6.83. The maximum absolute atomic E-state index is 14.1. The number of carbonyl (C=O) groups excluding carboxylic acids is 2. The van der Waals surface area contributed by atoms with E-state index in [1.165, 1.54) is 0 Å². The summed E-state index contributed by atoms with van der Waals surface area (Å²) in [7, 11) is 0. The number of nitro benzene ring substituents is 2. The van der Waals surface area contributed by atoms with Crippen molar-refractivity contribution in [2.24, 2.45) is 0 Å². The summed E-state index contributed by atoms with van der Waals surface area (Å²) in [5.74, 6) is -3.29. The van der Waals surface area contributed by atoms with Gasteiger partial charge < -0.3 is 10.6 Å². The van der Waals surface area contributed by atoms with E-state index in [4.69, 9.17) is 0 Å². The number of nitro groups is 2. The van der Waals surface area contributed by atoms with Crippen LogP contribution in [0, 0.1) is 20.2 Å². The molecule has 0 fully saturated rings. The lowest BCUT2D eigenvalue weighted by atomic mass is 10.0. The fourth-order valence-electron chi connectivity index (χ4n) is 4.51. The molecule has 0 saturated heterocycles. The van der Waals surface area contributed by atoms with Gasteiger partial charge in [0.05, 0.1) is 43.2 Å². The van der Waals surface area contributed by atoms with E-state index < -0.39 is 112 Å². The van der Waals surface area contributed by atoms with Crippen molar-refractivity contribution in [3.05, 3.63) is 126 Å². The Morgan fingerprint density at radius 2 is 0.811 bits per heavy atom. The zero-order valence-electron chi connectivity index (χ0n) is 25.2. The molecule has 4 aromatic rings. The van der Waals surface area contributed by atoms with Crippen LogP contribution in [0.15, 0.2) is 82.6 Å². The molecule has 10 nitrogen and oxygen atoms in total. The van der Waals surface area contributed by atoms with Crippen molar-refractivity contribution < 1.29 is 72.1 Å². The summed E-state index contributed by atoms with van der Waals surface area (Å²) >= 11 is -0.128. The lowest BCUT2D eigenvalue weighted by molar-refractivity contribution is -0.385. The summed E-state index contributed by atoms with van der Waals surface area (Å²) in [6, 6.07) is 4.92. The fourth-order valence-corrected chi connectivity index (χ4v) is 5.59. The molecule has 0 bridgehead atoms. The molecule has 0 radical (unpaired) electrons. The molecule has 2 amide bonds. The Balaban J connectivity index is 1.67. The van der Waals surface area contributed by atoms with Crippen molar-refractivity contribution in [1.82, 2.24) is 0 Å². The number of nitrogens with one attached hydrogen (secondary N) is 2. The second-order valence-electron chi connectivity index (χ2n) is 10.4. The van der Waals surface area contributed by atoms with Crippen molar-refractivity contribution in [3.63, 3.8) is 0 Å². The van der Waals surface area contributed by atoms with Crippen LogP contribution in [-0.4, -0.2) is 21.7 Å². The van der Waals surface area contributed by atoms with E-state index in [9.17, 15) is 82.5 Å². The summed E-state index contributed by atoms with van der Waals surface area (Å²) in [4.78, 5) is 42.9. The van der Waals surface area contributed by atoms with Gasteiger partial charge in [-0.2, -0.15) is 52.7 Å². The minimum absolute atomic E-state index is 0.0280. The molecule has 4 aromatic carbocycles. The molecule has 0 heterocycles. The van der Waals surface area contributed by atoms with Crippen molar-refractivity contribution in [1.29, 1.82) is 0 Å². The van der Waals surface area contributed by atoms with E-state index in [2.05, 4.69) is 0 Å². The fraction of sp³-hybridized carbons (Fsp3) is 0.133. The Morgan fingerprint density at radius 3 is 1.09 bits per heavy atom. The van der Waals surface area contributed by atoms with E-state index in [0.29, 0.717) is 48.5 Å². The lowest BCUT2D eigenvalue weighted by Gasteiger charge is -2.18. The minimum atomic E-state index is -5.35. The topological polar surface area (TPSA) is 144 Å².